The molecule has 0 aliphatic rings. The third-order valence-electron chi connectivity index (χ3n) is 0. The zero-order chi connectivity index (χ0) is 8.00. The molecule has 0 saturated carbocycles. The second kappa shape index (κ2) is 760. The summed E-state index contributed by atoms with van der Waals surface area (Å²) in [5.41, 5.74) is 0. The average Bonchev–Trinajstić information content (AvgIpc) is 2.03. The Morgan fingerprint density at radius 2 is 0.400 bits per heavy atom. The molecule has 0 heterocycles. The smallest absolute Gasteiger partial charge is 0.346 e. The van der Waals surface area contributed by atoms with Crippen LogP contribution in [0.25, 0.3) is 0 Å². The standard InChI is InChI=1S/4C2H5.2Mn/c4*1-2;;/h4*1H2,2H3;;/q4*-1;2*+2. The van der Waals surface area contributed by atoms with E-state index in [1.807, 2.05) is 0 Å². The van der Waals surface area contributed by atoms with Gasteiger partial charge in [-0.1, -0.05) is 0 Å². The minimum atomic E-state index is 0. The molecule has 0 aromatic heterocycles. The summed E-state index contributed by atoms with van der Waals surface area (Å²) in [6, 6.07) is 0. The second-order valence-corrected chi connectivity index (χ2v) is 0. The first-order valence-electron chi connectivity index (χ1n) is 2.83. The summed E-state index contributed by atoms with van der Waals surface area (Å²) in [4.78, 5) is 0. The van der Waals surface area contributed by atoms with E-state index in [1.165, 1.54) is 0 Å². The molecule has 10 heavy (non-hydrogen) atoms. The number of hydrogen-bond donors (Lipinski definition) is 0. The molecular formula is C8H20Mn2. The van der Waals surface area contributed by atoms with Gasteiger partial charge in [0.1, 0.15) is 0 Å². The van der Waals surface area contributed by atoms with E-state index in [1.54, 1.807) is 27.7 Å². The van der Waals surface area contributed by atoms with E-state index in [0.717, 1.165) is 0 Å². The normalized spacial score (nSPS) is 2.40. The van der Waals surface area contributed by atoms with Gasteiger partial charge in [-0.15, -0.1) is 0 Å². The van der Waals surface area contributed by atoms with Gasteiger partial charge in [0.05, 0.1) is 0 Å². The molecule has 0 nitrogen and oxygen atoms in total. The fourth-order valence-electron chi connectivity index (χ4n) is 0. The zero-order valence-corrected chi connectivity index (χ0v) is 9.95. The van der Waals surface area contributed by atoms with Crippen LogP contribution in [0.1, 0.15) is 27.7 Å². The maximum Gasteiger partial charge on any atom is 2.00 e. The van der Waals surface area contributed by atoms with Gasteiger partial charge >= 0.3 is 34.1 Å². The van der Waals surface area contributed by atoms with Crippen molar-refractivity contribution in [1.29, 1.82) is 0 Å². The Hall–Kier alpha value is 1.04. The molecule has 0 aromatic carbocycles. The maximum absolute atomic E-state index is 3.25. The molecule has 0 unspecified atom stereocenters. The van der Waals surface area contributed by atoms with Gasteiger partial charge in [-0.25, -0.2) is 0 Å². The summed E-state index contributed by atoms with van der Waals surface area (Å²) in [5, 5.41) is 0. The van der Waals surface area contributed by atoms with Crippen molar-refractivity contribution >= 4 is 0 Å². The Morgan fingerprint density at radius 3 is 0.400 bits per heavy atom. The van der Waals surface area contributed by atoms with Crippen molar-refractivity contribution in [2.45, 2.75) is 27.7 Å². The molecule has 0 aromatic rings. The van der Waals surface area contributed by atoms with Gasteiger partial charge in [0.25, 0.3) is 0 Å². The minimum Gasteiger partial charge on any atom is -0.346 e. The largest absolute Gasteiger partial charge is 2.00 e. The predicted molar refractivity (Wildman–Crippen MR) is 44.1 cm³/mol. The fraction of sp³-hybridized carbons (Fsp3) is 0.500. The van der Waals surface area contributed by atoms with E-state index in [-0.39, 0.29) is 34.1 Å². The molecule has 0 atom stereocenters. The number of rotatable bonds is 0. The van der Waals surface area contributed by atoms with Gasteiger partial charge in [0.2, 0.25) is 0 Å². The van der Waals surface area contributed by atoms with Crippen LogP contribution in [-0.4, -0.2) is 0 Å². The van der Waals surface area contributed by atoms with Gasteiger partial charge in [-0.3, -0.25) is 0 Å². The van der Waals surface area contributed by atoms with E-state index in [0.29, 0.717) is 0 Å². The van der Waals surface area contributed by atoms with Crippen molar-refractivity contribution in [1.82, 2.24) is 0 Å². The molecule has 0 amide bonds. The summed E-state index contributed by atoms with van der Waals surface area (Å²) >= 11 is 0. The number of hydrogen-bond acceptors (Lipinski definition) is 0. The summed E-state index contributed by atoms with van der Waals surface area (Å²) < 4.78 is 0. The molecule has 0 aliphatic heterocycles. The first-order chi connectivity index (χ1) is 4.00. The topological polar surface area (TPSA) is 0 Å². The summed E-state index contributed by atoms with van der Waals surface area (Å²) in [5.74, 6) is 0. The molecule has 2 radical (unpaired) electrons. The first kappa shape index (κ1) is 43.8. The van der Waals surface area contributed by atoms with Crippen molar-refractivity contribution in [2.75, 3.05) is 0 Å². The Morgan fingerprint density at radius 1 is 0.400 bits per heavy atom. The summed E-state index contributed by atoms with van der Waals surface area (Å²) in [7, 11) is 0. The van der Waals surface area contributed by atoms with Crippen LogP contribution >= 0.6 is 0 Å². The third-order valence-corrected chi connectivity index (χ3v) is 0. The Labute approximate surface area is 89.5 Å². The van der Waals surface area contributed by atoms with E-state index >= 15 is 0 Å². The Kier molecular flexibility index (Phi) is 3330. The average molecular weight is 226 g/mol. The zero-order valence-electron chi connectivity index (χ0n) is 7.58. The predicted octanol–water partition coefficient (Wildman–Crippen LogP) is 3.36. The van der Waals surface area contributed by atoms with Gasteiger partial charge < -0.3 is 27.7 Å². The molecular weight excluding hydrogens is 206 g/mol. The van der Waals surface area contributed by atoms with E-state index in [9.17, 15) is 0 Å². The van der Waals surface area contributed by atoms with E-state index in [4.69, 9.17) is 0 Å². The molecule has 0 aliphatic carbocycles. The van der Waals surface area contributed by atoms with E-state index < -0.39 is 0 Å². The van der Waals surface area contributed by atoms with Crippen LogP contribution in [0.4, 0.5) is 0 Å². The van der Waals surface area contributed by atoms with Gasteiger partial charge in [-0.05, 0) is 0 Å². The molecule has 0 bridgehead atoms. The van der Waals surface area contributed by atoms with Crippen LogP contribution in [0, 0.1) is 27.7 Å². The molecule has 0 N–H and O–H groups in total. The van der Waals surface area contributed by atoms with Crippen LogP contribution in [0.2, 0.25) is 0 Å². The van der Waals surface area contributed by atoms with Crippen molar-refractivity contribution in [3.8, 4) is 0 Å². The molecule has 66 valence electrons. The molecule has 0 spiro atoms. The first-order valence-corrected chi connectivity index (χ1v) is 2.83. The second-order valence-electron chi connectivity index (χ2n) is 0. The van der Waals surface area contributed by atoms with Crippen molar-refractivity contribution < 1.29 is 34.1 Å². The fourth-order valence-corrected chi connectivity index (χ4v) is 0. The molecule has 2 heteroatoms. The monoisotopic (exact) mass is 226 g/mol. The van der Waals surface area contributed by atoms with Crippen LogP contribution in [0.3, 0.4) is 0 Å². The third kappa shape index (κ3) is 541. The van der Waals surface area contributed by atoms with Crippen molar-refractivity contribution in [3.63, 3.8) is 0 Å². The Balaban J connectivity index is -0.00000000500. The van der Waals surface area contributed by atoms with Crippen LogP contribution in [0.15, 0.2) is 0 Å². The molecule has 0 saturated heterocycles. The van der Waals surface area contributed by atoms with Crippen molar-refractivity contribution in [3.05, 3.63) is 27.7 Å². The summed E-state index contributed by atoms with van der Waals surface area (Å²) in [6.45, 7) is 20.0. The van der Waals surface area contributed by atoms with Crippen LogP contribution in [-0.2, 0) is 34.1 Å². The Bertz CT molecular complexity index is 7.22. The van der Waals surface area contributed by atoms with Gasteiger partial charge in [0.15, 0.2) is 0 Å². The molecule has 0 fully saturated rings. The summed E-state index contributed by atoms with van der Waals surface area (Å²) in [6.07, 6.45) is 0. The van der Waals surface area contributed by atoms with Gasteiger partial charge in [-0.2, -0.15) is 27.7 Å². The SMILES string of the molecule is [CH2-]C.[CH2-]C.[CH2-]C.[CH2-]C.[Mn+2].[Mn+2]. The van der Waals surface area contributed by atoms with Gasteiger partial charge in [0, 0.05) is 0 Å². The van der Waals surface area contributed by atoms with E-state index in [2.05, 4.69) is 27.7 Å². The van der Waals surface area contributed by atoms with Crippen LogP contribution in [0.5, 0.6) is 0 Å². The molecule has 0 rings (SSSR count). The maximum atomic E-state index is 3.25. The minimum absolute atomic E-state index is 0. The van der Waals surface area contributed by atoms with Crippen molar-refractivity contribution in [2.24, 2.45) is 0 Å². The van der Waals surface area contributed by atoms with Crippen LogP contribution < -0.4 is 0 Å². The quantitative estimate of drug-likeness (QED) is 0.439.